The molecule has 6 heteroatoms. The summed E-state index contributed by atoms with van der Waals surface area (Å²) in [6.45, 7) is 0.937. The van der Waals surface area contributed by atoms with Crippen molar-refractivity contribution in [3.05, 3.63) is 51.3 Å². The highest BCUT2D eigenvalue weighted by Gasteiger charge is 2.24. The van der Waals surface area contributed by atoms with E-state index in [2.05, 4.69) is 16.8 Å². The van der Waals surface area contributed by atoms with E-state index in [0.717, 1.165) is 30.2 Å². The zero-order chi connectivity index (χ0) is 14.4. The molecule has 3 aromatic rings. The van der Waals surface area contributed by atoms with Crippen molar-refractivity contribution in [1.82, 2.24) is 9.78 Å². The highest BCUT2D eigenvalue weighted by molar-refractivity contribution is 7.13. The number of benzene rings is 1. The molecule has 106 valence electrons. The lowest BCUT2D eigenvalue weighted by atomic mass is 10.2. The largest absolute Gasteiger partial charge is 0.369 e. The summed E-state index contributed by atoms with van der Waals surface area (Å²) in [5.41, 5.74) is 3.23. The first kappa shape index (κ1) is 13.2. The fourth-order valence-corrected chi connectivity index (χ4v) is 3.62. The zero-order valence-corrected chi connectivity index (χ0v) is 13.3. The van der Waals surface area contributed by atoms with Crippen LogP contribution >= 0.6 is 34.5 Å². The SMILES string of the molecule is Clc1ccc(-n2nc(-c3cccs3)c3c2NCC3)cc1Cl. The van der Waals surface area contributed by atoms with Crippen molar-refractivity contribution in [3.63, 3.8) is 0 Å². The molecule has 0 amide bonds. The number of aromatic nitrogens is 2. The highest BCUT2D eigenvalue weighted by atomic mass is 35.5. The van der Waals surface area contributed by atoms with E-state index in [1.165, 1.54) is 10.4 Å². The Morgan fingerprint density at radius 3 is 2.86 bits per heavy atom. The van der Waals surface area contributed by atoms with Gasteiger partial charge in [-0.3, -0.25) is 0 Å². The molecule has 0 radical (unpaired) electrons. The molecule has 1 aliphatic rings. The van der Waals surface area contributed by atoms with Crippen LogP contribution in [0.15, 0.2) is 35.7 Å². The van der Waals surface area contributed by atoms with Crippen LogP contribution in [-0.2, 0) is 6.42 Å². The number of hydrogen-bond donors (Lipinski definition) is 1. The third-order valence-corrected chi connectivity index (χ3v) is 5.17. The Kier molecular flexibility index (Phi) is 3.17. The normalized spacial score (nSPS) is 13.2. The third kappa shape index (κ3) is 2.14. The van der Waals surface area contributed by atoms with E-state index in [-0.39, 0.29) is 0 Å². The molecule has 3 heterocycles. The molecular formula is C15H11Cl2N3S. The quantitative estimate of drug-likeness (QED) is 0.723. The van der Waals surface area contributed by atoms with E-state index in [1.807, 2.05) is 22.9 Å². The van der Waals surface area contributed by atoms with Crippen LogP contribution in [0.4, 0.5) is 5.82 Å². The first-order valence-electron chi connectivity index (χ1n) is 6.59. The number of rotatable bonds is 2. The van der Waals surface area contributed by atoms with Gasteiger partial charge >= 0.3 is 0 Å². The lowest BCUT2D eigenvalue weighted by Crippen LogP contribution is -2.04. The number of fused-ring (bicyclic) bond motifs is 1. The Morgan fingerprint density at radius 1 is 1.19 bits per heavy atom. The Labute approximate surface area is 136 Å². The maximum Gasteiger partial charge on any atom is 0.133 e. The molecule has 4 rings (SSSR count). The predicted octanol–water partition coefficient (Wildman–Crippen LogP) is 4.88. The molecule has 0 saturated heterocycles. The molecule has 21 heavy (non-hydrogen) atoms. The minimum atomic E-state index is 0.536. The van der Waals surface area contributed by atoms with E-state index < -0.39 is 0 Å². The average Bonchev–Trinajstić information content (AvgIpc) is 3.17. The minimum Gasteiger partial charge on any atom is -0.369 e. The van der Waals surface area contributed by atoms with Crippen molar-refractivity contribution in [1.29, 1.82) is 0 Å². The Morgan fingerprint density at radius 2 is 2.10 bits per heavy atom. The molecule has 2 aromatic heterocycles. The van der Waals surface area contributed by atoms with Gasteiger partial charge in [0, 0.05) is 12.1 Å². The molecule has 1 N–H and O–H groups in total. The van der Waals surface area contributed by atoms with Crippen LogP contribution in [0.2, 0.25) is 10.0 Å². The Balaban J connectivity index is 1.90. The number of hydrogen-bond acceptors (Lipinski definition) is 3. The van der Waals surface area contributed by atoms with Crippen LogP contribution < -0.4 is 5.32 Å². The van der Waals surface area contributed by atoms with E-state index in [4.69, 9.17) is 28.3 Å². The van der Waals surface area contributed by atoms with Gasteiger partial charge in [0.1, 0.15) is 11.5 Å². The van der Waals surface area contributed by atoms with Gasteiger partial charge in [-0.05, 0) is 36.1 Å². The molecule has 0 aliphatic carbocycles. The Hall–Kier alpha value is -1.49. The van der Waals surface area contributed by atoms with Gasteiger partial charge in [-0.15, -0.1) is 11.3 Å². The van der Waals surface area contributed by atoms with Crippen molar-refractivity contribution < 1.29 is 0 Å². The average molecular weight is 336 g/mol. The summed E-state index contributed by atoms with van der Waals surface area (Å²) in [5, 5.41) is 11.4. The molecule has 0 saturated carbocycles. The summed E-state index contributed by atoms with van der Waals surface area (Å²) in [7, 11) is 0. The smallest absolute Gasteiger partial charge is 0.133 e. The molecule has 0 atom stereocenters. The van der Waals surface area contributed by atoms with Crippen LogP contribution in [0.3, 0.4) is 0 Å². The topological polar surface area (TPSA) is 29.9 Å². The molecule has 0 unspecified atom stereocenters. The fraction of sp³-hybridized carbons (Fsp3) is 0.133. The monoisotopic (exact) mass is 335 g/mol. The van der Waals surface area contributed by atoms with E-state index in [0.29, 0.717) is 10.0 Å². The third-order valence-electron chi connectivity index (χ3n) is 3.55. The number of nitrogens with one attached hydrogen (secondary N) is 1. The molecule has 0 fully saturated rings. The van der Waals surface area contributed by atoms with E-state index >= 15 is 0 Å². The minimum absolute atomic E-state index is 0.536. The standard InChI is InChI=1S/C15H11Cl2N3S/c16-11-4-3-9(8-12(11)17)20-15-10(5-6-18-15)14(19-20)13-2-1-7-21-13/h1-4,7-8,18H,5-6H2. The van der Waals surface area contributed by atoms with Gasteiger partial charge in [0.05, 0.1) is 20.6 Å². The molecular weight excluding hydrogens is 325 g/mol. The van der Waals surface area contributed by atoms with Crippen molar-refractivity contribution in [2.45, 2.75) is 6.42 Å². The zero-order valence-electron chi connectivity index (χ0n) is 10.9. The summed E-state index contributed by atoms with van der Waals surface area (Å²) in [6.07, 6.45) is 0.990. The van der Waals surface area contributed by atoms with Crippen molar-refractivity contribution in [2.24, 2.45) is 0 Å². The van der Waals surface area contributed by atoms with Gasteiger partial charge < -0.3 is 5.32 Å². The maximum absolute atomic E-state index is 6.13. The van der Waals surface area contributed by atoms with Crippen LogP contribution in [0.5, 0.6) is 0 Å². The van der Waals surface area contributed by atoms with Crippen molar-refractivity contribution >= 4 is 40.4 Å². The summed E-state index contributed by atoms with van der Waals surface area (Å²) in [5.74, 6) is 1.05. The lowest BCUT2D eigenvalue weighted by molar-refractivity contribution is 0.883. The molecule has 0 spiro atoms. The van der Waals surface area contributed by atoms with Gasteiger partial charge in [0.15, 0.2) is 0 Å². The van der Waals surface area contributed by atoms with Gasteiger partial charge in [0.25, 0.3) is 0 Å². The summed E-state index contributed by atoms with van der Waals surface area (Å²) in [4.78, 5) is 1.19. The summed E-state index contributed by atoms with van der Waals surface area (Å²) >= 11 is 13.8. The second-order valence-electron chi connectivity index (χ2n) is 4.84. The predicted molar refractivity (Wildman–Crippen MR) is 89.1 cm³/mol. The van der Waals surface area contributed by atoms with Gasteiger partial charge in [-0.1, -0.05) is 29.3 Å². The van der Waals surface area contributed by atoms with E-state index in [1.54, 1.807) is 17.4 Å². The lowest BCUT2D eigenvalue weighted by Gasteiger charge is -2.07. The van der Waals surface area contributed by atoms with Gasteiger partial charge in [-0.25, -0.2) is 4.68 Å². The van der Waals surface area contributed by atoms with E-state index in [9.17, 15) is 0 Å². The molecule has 1 aliphatic heterocycles. The van der Waals surface area contributed by atoms with Crippen molar-refractivity contribution in [3.8, 4) is 16.3 Å². The van der Waals surface area contributed by atoms with Crippen LogP contribution in [-0.4, -0.2) is 16.3 Å². The first-order chi connectivity index (χ1) is 10.2. The van der Waals surface area contributed by atoms with Gasteiger partial charge in [0.2, 0.25) is 0 Å². The number of nitrogens with zero attached hydrogens (tertiary/aromatic N) is 2. The maximum atomic E-state index is 6.13. The first-order valence-corrected chi connectivity index (χ1v) is 8.22. The molecule has 1 aromatic carbocycles. The number of anilines is 1. The molecule has 3 nitrogen and oxygen atoms in total. The van der Waals surface area contributed by atoms with Crippen LogP contribution in [0, 0.1) is 0 Å². The van der Waals surface area contributed by atoms with Crippen LogP contribution in [0.1, 0.15) is 5.56 Å². The van der Waals surface area contributed by atoms with Gasteiger partial charge in [-0.2, -0.15) is 5.10 Å². The molecule has 0 bridgehead atoms. The second-order valence-corrected chi connectivity index (χ2v) is 6.60. The summed E-state index contributed by atoms with van der Waals surface area (Å²) < 4.78 is 1.92. The highest BCUT2D eigenvalue weighted by Crippen LogP contribution is 2.37. The Bertz CT molecular complexity index is 809. The number of thiophene rings is 1. The fourth-order valence-electron chi connectivity index (χ4n) is 2.59. The van der Waals surface area contributed by atoms with Crippen molar-refractivity contribution in [2.75, 3.05) is 11.9 Å². The second kappa shape index (κ2) is 5.05. The number of halogens is 2. The summed E-state index contributed by atoms with van der Waals surface area (Å²) in [6, 6.07) is 9.72. The van der Waals surface area contributed by atoms with Crippen LogP contribution in [0.25, 0.3) is 16.3 Å².